The monoisotopic (exact) mass is 551 g/mol. The summed E-state index contributed by atoms with van der Waals surface area (Å²) in [7, 11) is 0. The van der Waals surface area contributed by atoms with Crippen LogP contribution in [0.1, 0.15) is 47.0 Å². The number of rotatable bonds is 3. The van der Waals surface area contributed by atoms with Crippen LogP contribution in [0.4, 0.5) is 5.69 Å². The van der Waals surface area contributed by atoms with Crippen LogP contribution in [-0.2, 0) is 0 Å². The lowest BCUT2D eigenvalue weighted by Crippen LogP contribution is -2.41. The average molecular weight is 552 g/mol. The minimum absolute atomic E-state index is 0.00265. The van der Waals surface area contributed by atoms with Crippen LogP contribution < -0.4 is 10.5 Å². The molecule has 0 bridgehead atoms. The van der Waals surface area contributed by atoms with E-state index in [4.69, 9.17) is 11.6 Å². The Bertz CT molecular complexity index is 2270. The van der Waals surface area contributed by atoms with Gasteiger partial charge in [-0.1, -0.05) is 11.6 Å². The molecule has 0 saturated carbocycles. The molecule has 0 aliphatic carbocycles. The minimum Gasteiger partial charge on any atom is -0.478 e. The largest absolute Gasteiger partial charge is 0.478 e. The number of carboxylic acids is 2. The van der Waals surface area contributed by atoms with Gasteiger partial charge in [0.1, 0.15) is 5.65 Å². The average Bonchev–Trinajstić information content (AvgIpc) is 3.30. The van der Waals surface area contributed by atoms with Gasteiger partial charge in [-0.2, -0.15) is 0 Å². The van der Waals surface area contributed by atoms with Crippen LogP contribution in [0, 0.1) is 6.92 Å². The minimum atomic E-state index is -1.25. The Morgan fingerprint density at radius 3 is 2.25 bits per heavy atom. The second-order valence-corrected chi connectivity index (χ2v) is 9.94. The number of imide groups is 1. The van der Waals surface area contributed by atoms with E-state index in [1.165, 1.54) is 46.9 Å². The van der Waals surface area contributed by atoms with Gasteiger partial charge in [-0.3, -0.25) is 18.8 Å². The van der Waals surface area contributed by atoms with E-state index >= 15 is 0 Å². The third-order valence-corrected chi connectivity index (χ3v) is 7.66. The topological polar surface area (TPSA) is 146 Å². The van der Waals surface area contributed by atoms with Crippen molar-refractivity contribution < 1.29 is 29.4 Å². The number of halogens is 1. The lowest BCUT2D eigenvalue weighted by atomic mass is 9.87. The molecule has 0 radical (unpaired) electrons. The van der Waals surface area contributed by atoms with E-state index in [0.29, 0.717) is 32.8 Å². The Morgan fingerprint density at radius 1 is 0.825 bits per heavy atom. The molecule has 0 spiro atoms. The summed E-state index contributed by atoms with van der Waals surface area (Å²) in [6, 6.07) is 12.8. The van der Waals surface area contributed by atoms with Crippen molar-refractivity contribution in [2.45, 2.75) is 6.92 Å². The number of aryl methyl sites for hydroxylation is 1. The van der Waals surface area contributed by atoms with E-state index in [1.807, 2.05) is 0 Å². The van der Waals surface area contributed by atoms with Crippen molar-refractivity contribution in [1.82, 2.24) is 9.38 Å². The van der Waals surface area contributed by atoms with Gasteiger partial charge in [0.25, 0.3) is 17.4 Å². The van der Waals surface area contributed by atoms with Crippen LogP contribution in [-0.4, -0.2) is 43.4 Å². The molecule has 0 atom stereocenters. The van der Waals surface area contributed by atoms with Gasteiger partial charge in [0.15, 0.2) is 0 Å². The molecule has 10 nitrogen and oxygen atoms in total. The number of nitrogens with zero attached hydrogens (tertiary/aromatic N) is 3. The first kappa shape index (κ1) is 23.7. The molecule has 2 aromatic heterocycles. The third kappa shape index (κ3) is 2.93. The number of hydrogen-bond acceptors (Lipinski definition) is 6. The molecule has 40 heavy (non-hydrogen) atoms. The number of amides is 2. The molecule has 4 aromatic carbocycles. The number of carbonyl (C=O) groups is 4. The fourth-order valence-electron chi connectivity index (χ4n) is 5.58. The molecular formula is C29H14ClN3O7. The van der Waals surface area contributed by atoms with Crippen molar-refractivity contribution in [2.75, 3.05) is 4.90 Å². The van der Waals surface area contributed by atoms with Crippen LogP contribution in [0.25, 0.3) is 38.2 Å². The molecule has 3 heterocycles. The van der Waals surface area contributed by atoms with E-state index in [0.717, 1.165) is 4.90 Å². The van der Waals surface area contributed by atoms with Crippen LogP contribution in [0.15, 0.2) is 59.4 Å². The lowest BCUT2D eigenvalue weighted by molar-refractivity contribution is 0.0686. The highest BCUT2D eigenvalue weighted by atomic mass is 35.5. The van der Waals surface area contributed by atoms with E-state index in [9.17, 15) is 34.2 Å². The van der Waals surface area contributed by atoms with Gasteiger partial charge in [0, 0.05) is 27.1 Å². The van der Waals surface area contributed by atoms with Crippen LogP contribution in [0.3, 0.4) is 0 Å². The Labute approximate surface area is 227 Å². The van der Waals surface area contributed by atoms with Crippen molar-refractivity contribution >= 4 is 79.3 Å². The molecule has 7 rings (SSSR count). The number of carboxylic acid groups (broad SMARTS) is 2. The molecule has 0 fully saturated rings. The molecule has 6 aromatic rings. The number of carbonyl (C=O) groups excluding carboxylic acids is 2. The van der Waals surface area contributed by atoms with Crippen molar-refractivity contribution in [3.05, 3.63) is 97.8 Å². The molecule has 1 aliphatic heterocycles. The van der Waals surface area contributed by atoms with Crippen molar-refractivity contribution in [3.8, 4) is 0 Å². The standard InChI is InChI=1S/C29H14ClN3O7/c1-11-8-16-22-14(24-31-18-7-3-13(29(39)40)10-20(18)32(24)26(16)35)4-5-15-23(22)21(11)27(36)33(25(15)34)19-9-12(28(37)38)2-6-17(19)30/h2-10H,1H3,(H,37,38)(H,39,40). The maximum Gasteiger partial charge on any atom is 0.335 e. The normalized spacial score (nSPS) is 13.3. The summed E-state index contributed by atoms with van der Waals surface area (Å²) in [5.74, 6) is -3.82. The summed E-state index contributed by atoms with van der Waals surface area (Å²) in [5.41, 5.74) is 1.04. The molecule has 11 heteroatoms. The van der Waals surface area contributed by atoms with E-state index in [-0.39, 0.29) is 44.0 Å². The fraction of sp³-hybridized carbons (Fsp3) is 0.0345. The van der Waals surface area contributed by atoms with Crippen molar-refractivity contribution in [3.63, 3.8) is 0 Å². The maximum atomic E-state index is 13.9. The number of benzene rings is 4. The fourth-order valence-corrected chi connectivity index (χ4v) is 5.79. The number of aromatic nitrogens is 2. The van der Waals surface area contributed by atoms with Crippen LogP contribution in [0.5, 0.6) is 0 Å². The first-order chi connectivity index (χ1) is 19.1. The molecular weight excluding hydrogens is 538 g/mol. The molecule has 1 aliphatic rings. The number of anilines is 1. The van der Waals surface area contributed by atoms with E-state index in [2.05, 4.69) is 4.98 Å². The van der Waals surface area contributed by atoms with E-state index < -0.39 is 29.3 Å². The number of pyridine rings is 1. The van der Waals surface area contributed by atoms with Crippen molar-refractivity contribution in [2.24, 2.45) is 0 Å². The third-order valence-electron chi connectivity index (χ3n) is 7.34. The molecule has 2 N–H and O–H groups in total. The highest BCUT2D eigenvalue weighted by Crippen LogP contribution is 2.41. The Kier molecular flexibility index (Phi) is 4.65. The highest BCUT2D eigenvalue weighted by Gasteiger charge is 2.38. The SMILES string of the molecule is Cc1cc2c(=O)n3c4cc(C(=O)O)ccc4nc3c3ccc4c(c1C(=O)N(c1cc(C(=O)O)ccc1Cl)C4=O)c23. The summed E-state index contributed by atoms with van der Waals surface area (Å²) in [6.45, 7) is 1.64. The number of imidazole rings is 1. The predicted molar refractivity (Wildman–Crippen MR) is 146 cm³/mol. The van der Waals surface area contributed by atoms with Gasteiger partial charge >= 0.3 is 11.9 Å². The number of aromatic carboxylic acids is 2. The molecule has 0 saturated heterocycles. The summed E-state index contributed by atoms with van der Waals surface area (Å²) in [5, 5.41) is 20.3. The lowest BCUT2D eigenvalue weighted by Gasteiger charge is -2.29. The summed E-state index contributed by atoms with van der Waals surface area (Å²) in [4.78, 5) is 70.1. The van der Waals surface area contributed by atoms with Crippen molar-refractivity contribution in [1.29, 1.82) is 0 Å². The molecule has 0 unspecified atom stereocenters. The van der Waals surface area contributed by atoms with E-state index in [1.54, 1.807) is 19.1 Å². The summed E-state index contributed by atoms with van der Waals surface area (Å²) in [6.07, 6.45) is 0. The summed E-state index contributed by atoms with van der Waals surface area (Å²) >= 11 is 6.33. The molecule has 194 valence electrons. The highest BCUT2D eigenvalue weighted by molar-refractivity contribution is 6.42. The van der Waals surface area contributed by atoms with Gasteiger partial charge < -0.3 is 10.2 Å². The predicted octanol–water partition coefficient (Wildman–Crippen LogP) is 4.75. The first-order valence-corrected chi connectivity index (χ1v) is 12.3. The number of hydrogen-bond donors (Lipinski definition) is 2. The zero-order valence-electron chi connectivity index (χ0n) is 20.4. The second kappa shape index (κ2) is 7.84. The zero-order valence-corrected chi connectivity index (χ0v) is 21.1. The maximum absolute atomic E-state index is 13.9. The second-order valence-electron chi connectivity index (χ2n) is 9.53. The van der Waals surface area contributed by atoms with Gasteiger partial charge in [0.05, 0.1) is 38.4 Å². The Balaban J connectivity index is 1.58. The van der Waals surface area contributed by atoms with Gasteiger partial charge in [-0.15, -0.1) is 0 Å². The first-order valence-electron chi connectivity index (χ1n) is 11.9. The summed E-state index contributed by atoms with van der Waals surface area (Å²) < 4.78 is 1.34. The van der Waals surface area contributed by atoms with Crippen LogP contribution in [0.2, 0.25) is 5.02 Å². The molecule has 2 amide bonds. The van der Waals surface area contributed by atoms with Crippen LogP contribution >= 0.6 is 11.6 Å². The van der Waals surface area contributed by atoms with Gasteiger partial charge in [0.2, 0.25) is 0 Å². The number of fused-ring (bicyclic) bond motifs is 4. The quantitative estimate of drug-likeness (QED) is 0.300. The van der Waals surface area contributed by atoms with Gasteiger partial charge in [-0.05, 0) is 67.1 Å². The zero-order chi connectivity index (χ0) is 28.2. The smallest absolute Gasteiger partial charge is 0.335 e. The Morgan fingerprint density at radius 2 is 1.52 bits per heavy atom. The Hall–Kier alpha value is -5.35. The van der Waals surface area contributed by atoms with Gasteiger partial charge in [-0.25, -0.2) is 19.5 Å².